The SMILES string of the molecule is CCCCCc1c(C)nc(NC[C@@H]2CCCO2)[nH]c1=O. The number of aryl methyl sites for hydroxylation is 1. The highest BCUT2D eigenvalue weighted by Crippen LogP contribution is 2.12. The molecule has 1 saturated heterocycles. The van der Waals surface area contributed by atoms with Gasteiger partial charge in [-0.2, -0.15) is 0 Å². The van der Waals surface area contributed by atoms with Crippen molar-refractivity contribution >= 4 is 5.95 Å². The van der Waals surface area contributed by atoms with Crippen LogP contribution in [-0.4, -0.2) is 29.2 Å². The van der Waals surface area contributed by atoms with Crippen molar-refractivity contribution in [3.63, 3.8) is 0 Å². The summed E-state index contributed by atoms with van der Waals surface area (Å²) in [5, 5.41) is 3.17. The third kappa shape index (κ3) is 4.07. The molecular weight excluding hydrogens is 254 g/mol. The summed E-state index contributed by atoms with van der Waals surface area (Å²) in [6.45, 7) is 5.62. The number of rotatable bonds is 7. The van der Waals surface area contributed by atoms with Gasteiger partial charge >= 0.3 is 0 Å². The highest BCUT2D eigenvalue weighted by molar-refractivity contribution is 5.29. The number of aromatic nitrogens is 2. The van der Waals surface area contributed by atoms with E-state index in [-0.39, 0.29) is 11.7 Å². The predicted molar refractivity (Wildman–Crippen MR) is 80.3 cm³/mol. The second kappa shape index (κ2) is 7.43. The first kappa shape index (κ1) is 15.0. The van der Waals surface area contributed by atoms with E-state index in [1.807, 2.05) is 6.92 Å². The first-order valence-electron chi connectivity index (χ1n) is 7.66. The predicted octanol–water partition coefficient (Wildman–Crippen LogP) is 2.40. The highest BCUT2D eigenvalue weighted by Gasteiger charge is 2.15. The molecule has 0 unspecified atom stereocenters. The topological polar surface area (TPSA) is 67.0 Å². The first-order chi connectivity index (χ1) is 9.70. The minimum absolute atomic E-state index is 0.0107. The molecule has 2 heterocycles. The third-order valence-electron chi connectivity index (χ3n) is 3.77. The van der Waals surface area contributed by atoms with Crippen LogP contribution < -0.4 is 10.9 Å². The molecule has 1 aromatic heterocycles. The van der Waals surface area contributed by atoms with Crippen molar-refractivity contribution in [3.8, 4) is 0 Å². The molecule has 0 bridgehead atoms. The minimum Gasteiger partial charge on any atom is -0.376 e. The zero-order valence-electron chi connectivity index (χ0n) is 12.5. The van der Waals surface area contributed by atoms with Gasteiger partial charge in [0.2, 0.25) is 5.95 Å². The number of anilines is 1. The van der Waals surface area contributed by atoms with Gasteiger partial charge in [0.25, 0.3) is 5.56 Å². The van der Waals surface area contributed by atoms with Crippen molar-refractivity contribution < 1.29 is 4.74 Å². The van der Waals surface area contributed by atoms with Crippen LogP contribution in [0.4, 0.5) is 5.95 Å². The van der Waals surface area contributed by atoms with Crippen LogP contribution in [0.2, 0.25) is 0 Å². The maximum atomic E-state index is 12.1. The second-order valence-electron chi connectivity index (χ2n) is 5.45. The maximum absolute atomic E-state index is 12.1. The number of ether oxygens (including phenoxy) is 1. The van der Waals surface area contributed by atoms with Gasteiger partial charge in [-0.1, -0.05) is 19.8 Å². The molecule has 0 aromatic carbocycles. The van der Waals surface area contributed by atoms with E-state index in [0.29, 0.717) is 12.5 Å². The van der Waals surface area contributed by atoms with Crippen LogP contribution in [0.15, 0.2) is 4.79 Å². The van der Waals surface area contributed by atoms with Gasteiger partial charge in [0, 0.05) is 24.4 Å². The third-order valence-corrected chi connectivity index (χ3v) is 3.77. The minimum atomic E-state index is -0.0107. The number of nitrogens with one attached hydrogen (secondary N) is 2. The van der Waals surface area contributed by atoms with Crippen molar-refractivity contribution in [2.75, 3.05) is 18.5 Å². The molecule has 0 spiro atoms. The van der Waals surface area contributed by atoms with E-state index < -0.39 is 0 Å². The van der Waals surface area contributed by atoms with E-state index in [0.717, 1.165) is 56.4 Å². The summed E-state index contributed by atoms with van der Waals surface area (Å²) >= 11 is 0. The van der Waals surface area contributed by atoms with Gasteiger partial charge in [-0.05, 0) is 32.6 Å². The van der Waals surface area contributed by atoms with Gasteiger partial charge in [-0.25, -0.2) is 4.98 Å². The Hall–Kier alpha value is -1.36. The second-order valence-corrected chi connectivity index (χ2v) is 5.45. The number of unbranched alkanes of at least 4 members (excludes halogenated alkanes) is 2. The molecule has 20 heavy (non-hydrogen) atoms. The lowest BCUT2D eigenvalue weighted by Crippen LogP contribution is -2.24. The zero-order chi connectivity index (χ0) is 14.4. The smallest absolute Gasteiger partial charge is 0.255 e. The standard InChI is InChI=1S/C15H25N3O2/c1-3-4-5-8-13-11(2)17-15(18-14(13)19)16-10-12-7-6-9-20-12/h12H,3-10H2,1-2H3,(H2,16,17,18,19)/t12-/m0/s1. The zero-order valence-corrected chi connectivity index (χ0v) is 12.5. The average molecular weight is 279 g/mol. The van der Waals surface area contributed by atoms with Crippen LogP contribution in [0, 0.1) is 6.92 Å². The fourth-order valence-electron chi connectivity index (χ4n) is 2.56. The van der Waals surface area contributed by atoms with Crippen LogP contribution in [-0.2, 0) is 11.2 Å². The number of hydrogen-bond donors (Lipinski definition) is 2. The summed E-state index contributed by atoms with van der Waals surface area (Å²) in [6.07, 6.45) is 6.60. The molecule has 1 fully saturated rings. The number of aromatic amines is 1. The van der Waals surface area contributed by atoms with Crippen LogP contribution in [0.3, 0.4) is 0 Å². The van der Waals surface area contributed by atoms with Crippen molar-refractivity contribution in [2.45, 2.75) is 58.5 Å². The van der Waals surface area contributed by atoms with E-state index in [4.69, 9.17) is 4.74 Å². The lowest BCUT2D eigenvalue weighted by molar-refractivity contribution is 0.120. The van der Waals surface area contributed by atoms with Gasteiger partial charge < -0.3 is 10.1 Å². The molecule has 2 rings (SSSR count). The van der Waals surface area contributed by atoms with Crippen molar-refractivity contribution in [3.05, 3.63) is 21.6 Å². The van der Waals surface area contributed by atoms with Crippen molar-refractivity contribution in [2.24, 2.45) is 0 Å². The van der Waals surface area contributed by atoms with Gasteiger partial charge in [0.1, 0.15) is 0 Å². The summed E-state index contributed by atoms with van der Waals surface area (Å²) < 4.78 is 5.54. The lowest BCUT2D eigenvalue weighted by Gasteiger charge is -2.12. The molecule has 0 saturated carbocycles. The van der Waals surface area contributed by atoms with Crippen LogP contribution in [0.5, 0.6) is 0 Å². The van der Waals surface area contributed by atoms with Gasteiger partial charge in [-0.3, -0.25) is 9.78 Å². The molecule has 1 aromatic rings. The Bertz CT molecular complexity index is 478. The normalized spacial score (nSPS) is 18.4. The van der Waals surface area contributed by atoms with E-state index in [1.54, 1.807) is 0 Å². The van der Waals surface area contributed by atoms with E-state index >= 15 is 0 Å². The van der Waals surface area contributed by atoms with Crippen LogP contribution in [0.25, 0.3) is 0 Å². The van der Waals surface area contributed by atoms with E-state index in [9.17, 15) is 4.79 Å². The van der Waals surface area contributed by atoms with Crippen LogP contribution >= 0.6 is 0 Å². The molecular formula is C15H25N3O2. The molecule has 2 N–H and O–H groups in total. The Balaban J connectivity index is 1.95. The highest BCUT2D eigenvalue weighted by atomic mass is 16.5. The largest absolute Gasteiger partial charge is 0.376 e. The van der Waals surface area contributed by atoms with Crippen molar-refractivity contribution in [1.82, 2.24) is 9.97 Å². The fraction of sp³-hybridized carbons (Fsp3) is 0.733. The fourth-order valence-corrected chi connectivity index (χ4v) is 2.56. The van der Waals surface area contributed by atoms with Crippen molar-refractivity contribution in [1.29, 1.82) is 0 Å². The van der Waals surface area contributed by atoms with Crippen LogP contribution in [0.1, 0.15) is 50.3 Å². The summed E-state index contributed by atoms with van der Waals surface area (Å²) in [4.78, 5) is 19.4. The van der Waals surface area contributed by atoms with Gasteiger partial charge in [-0.15, -0.1) is 0 Å². The molecule has 0 radical (unpaired) electrons. The monoisotopic (exact) mass is 279 g/mol. The lowest BCUT2D eigenvalue weighted by atomic mass is 10.1. The molecule has 5 nitrogen and oxygen atoms in total. The number of H-pyrrole nitrogens is 1. The summed E-state index contributed by atoms with van der Waals surface area (Å²) in [6, 6.07) is 0. The Kier molecular flexibility index (Phi) is 5.59. The Morgan fingerprint density at radius 1 is 1.45 bits per heavy atom. The molecule has 0 aliphatic carbocycles. The Labute approximate surface area is 120 Å². The van der Waals surface area contributed by atoms with E-state index in [2.05, 4.69) is 22.2 Å². The number of nitrogens with zero attached hydrogens (tertiary/aromatic N) is 1. The molecule has 0 amide bonds. The molecule has 112 valence electrons. The molecule has 5 heteroatoms. The molecule has 1 aliphatic heterocycles. The Morgan fingerprint density at radius 3 is 2.95 bits per heavy atom. The van der Waals surface area contributed by atoms with Gasteiger partial charge in [0.15, 0.2) is 0 Å². The maximum Gasteiger partial charge on any atom is 0.255 e. The van der Waals surface area contributed by atoms with Gasteiger partial charge in [0.05, 0.1) is 6.10 Å². The summed E-state index contributed by atoms with van der Waals surface area (Å²) in [5.74, 6) is 0.558. The summed E-state index contributed by atoms with van der Waals surface area (Å²) in [5.41, 5.74) is 1.64. The van der Waals surface area contributed by atoms with E-state index in [1.165, 1.54) is 0 Å². The number of hydrogen-bond acceptors (Lipinski definition) is 4. The molecule has 1 atom stereocenters. The quantitative estimate of drug-likeness (QED) is 0.752. The average Bonchev–Trinajstić information content (AvgIpc) is 2.93. The first-order valence-corrected chi connectivity index (χ1v) is 7.66. The Morgan fingerprint density at radius 2 is 2.30 bits per heavy atom. The summed E-state index contributed by atoms with van der Waals surface area (Å²) in [7, 11) is 0. The molecule has 1 aliphatic rings.